The minimum absolute atomic E-state index is 0.673. The minimum Gasteiger partial charge on any atom is -0.385 e. The molecule has 0 aliphatic heterocycles. The number of aromatic nitrogens is 1. The van der Waals surface area contributed by atoms with Crippen LogP contribution in [0.3, 0.4) is 0 Å². The third kappa shape index (κ3) is 2.63. The summed E-state index contributed by atoms with van der Waals surface area (Å²) in [6.45, 7) is 3.81. The van der Waals surface area contributed by atoms with Crippen molar-refractivity contribution in [3.05, 3.63) is 35.5 Å². The van der Waals surface area contributed by atoms with Crippen LogP contribution < -0.4 is 5.32 Å². The number of hydrogen-bond donors (Lipinski definition) is 1. The van der Waals surface area contributed by atoms with Gasteiger partial charge in [0, 0.05) is 36.3 Å². The molecule has 3 rings (SSSR count). The van der Waals surface area contributed by atoms with E-state index < -0.39 is 0 Å². The smallest absolute Gasteiger partial charge is 0.0759 e. The van der Waals surface area contributed by atoms with Crippen LogP contribution in [0.25, 0.3) is 10.9 Å². The molecule has 2 aromatic rings. The Labute approximate surface area is 120 Å². The zero-order valence-electron chi connectivity index (χ0n) is 12.3. The molecule has 1 aromatic carbocycles. The Bertz CT molecular complexity index is 605. The Hall–Kier alpha value is -1.61. The van der Waals surface area contributed by atoms with Gasteiger partial charge in [-0.15, -0.1) is 0 Å². The molecule has 0 unspecified atom stereocenters. The van der Waals surface area contributed by atoms with Crippen molar-refractivity contribution in [3.63, 3.8) is 0 Å². The van der Waals surface area contributed by atoms with E-state index in [0.717, 1.165) is 25.1 Å². The van der Waals surface area contributed by atoms with E-state index in [2.05, 4.69) is 36.5 Å². The summed E-state index contributed by atoms with van der Waals surface area (Å²) in [5.41, 5.74) is 4.90. The number of nitrogens with zero attached hydrogens (tertiary/aromatic N) is 1. The molecule has 0 bridgehead atoms. The first-order valence-electron chi connectivity index (χ1n) is 7.48. The van der Waals surface area contributed by atoms with Crippen LogP contribution in [0, 0.1) is 0 Å². The molecule has 20 heavy (non-hydrogen) atoms. The van der Waals surface area contributed by atoms with E-state index in [9.17, 15) is 0 Å². The molecule has 0 atom stereocenters. The van der Waals surface area contributed by atoms with Crippen LogP contribution in [-0.4, -0.2) is 25.2 Å². The number of fused-ring (bicyclic) bond motifs is 1. The summed E-state index contributed by atoms with van der Waals surface area (Å²) in [6.07, 6.45) is 3.48. The highest BCUT2D eigenvalue weighted by Crippen LogP contribution is 2.41. The van der Waals surface area contributed by atoms with Crippen molar-refractivity contribution in [2.24, 2.45) is 0 Å². The maximum absolute atomic E-state index is 5.22. The number of hydrogen-bond acceptors (Lipinski definition) is 3. The van der Waals surface area contributed by atoms with E-state index in [4.69, 9.17) is 9.72 Å². The molecule has 0 radical (unpaired) electrons. The monoisotopic (exact) mass is 270 g/mol. The molecule has 1 aliphatic rings. The lowest BCUT2D eigenvalue weighted by Crippen LogP contribution is -2.03. The number of benzene rings is 1. The average molecular weight is 270 g/mol. The van der Waals surface area contributed by atoms with Gasteiger partial charge in [-0.1, -0.05) is 18.2 Å². The van der Waals surface area contributed by atoms with Crippen LogP contribution in [0.1, 0.15) is 36.9 Å². The van der Waals surface area contributed by atoms with E-state index >= 15 is 0 Å². The summed E-state index contributed by atoms with van der Waals surface area (Å²) in [4.78, 5) is 4.94. The second-order valence-corrected chi connectivity index (χ2v) is 5.46. The molecular formula is C17H22N2O. The summed E-state index contributed by atoms with van der Waals surface area (Å²) < 4.78 is 5.22. The van der Waals surface area contributed by atoms with E-state index in [1.54, 1.807) is 7.11 Å². The van der Waals surface area contributed by atoms with Crippen molar-refractivity contribution >= 4 is 16.6 Å². The van der Waals surface area contributed by atoms with Crippen molar-refractivity contribution in [1.29, 1.82) is 0 Å². The van der Waals surface area contributed by atoms with Crippen LogP contribution in [0.5, 0.6) is 0 Å². The van der Waals surface area contributed by atoms with E-state index in [0.29, 0.717) is 5.92 Å². The molecule has 1 heterocycles. The molecular weight excluding hydrogens is 248 g/mol. The SMILES string of the molecule is CCNc1cc(C2CC2)nc2c(CCOC)cccc12. The van der Waals surface area contributed by atoms with Gasteiger partial charge in [-0.3, -0.25) is 4.98 Å². The van der Waals surface area contributed by atoms with Gasteiger partial charge >= 0.3 is 0 Å². The van der Waals surface area contributed by atoms with Gasteiger partial charge in [0.05, 0.1) is 12.1 Å². The lowest BCUT2D eigenvalue weighted by molar-refractivity contribution is 0.202. The molecule has 1 fully saturated rings. The van der Waals surface area contributed by atoms with Crippen molar-refractivity contribution in [2.75, 3.05) is 25.6 Å². The maximum Gasteiger partial charge on any atom is 0.0759 e. The Balaban J connectivity index is 2.11. The molecule has 0 spiro atoms. The van der Waals surface area contributed by atoms with Crippen LogP contribution >= 0.6 is 0 Å². The summed E-state index contributed by atoms with van der Waals surface area (Å²) >= 11 is 0. The summed E-state index contributed by atoms with van der Waals surface area (Å²) in [7, 11) is 1.75. The molecule has 1 N–H and O–H groups in total. The number of nitrogens with one attached hydrogen (secondary N) is 1. The molecule has 0 saturated heterocycles. The minimum atomic E-state index is 0.673. The summed E-state index contributed by atoms with van der Waals surface area (Å²) in [5, 5.41) is 4.71. The molecule has 1 aliphatic carbocycles. The molecule has 0 amide bonds. The lowest BCUT2D eigenvalue weighted by Gasteiger charge is -2.13. The highest BCUT2D eigenvalue weighted by atomic mass is 16.5. The summed E-state index contributed by atoms with van der Waals surface area (Å²) in [5.74, 6) is 0.673. The fraction of sp³-hybridized carbons (Fsp3) is 0.471. The standard InChI is InChI=1S/C17H22N2O/c1-3-18-16-11-15(12-7-8-12)19-17-13(9-10-20-2)5-4-6-14(16)17/h4-6,11-12H,3,7-10H2,1-2H3,(H,18,19). The molecule has 3 heteroatoms. The van der Waals surface area contributed by atoms with Crippen LogP contribution in [0.2, 0.25) is 0 Å². The predicted octanol–water partition coefficient (Wildman–Crippen LogP) is 3.73. The first-order valence-corrected chi connectivity index (χ1v) is 7.48. The van der Waals surface area contributed by atoms with E-state index in [1.807, 2.05) is 0 Å². The number of methoxy groups -OCH3 is 1. The van der Waals surface area contributed by atoms with Gasteiger partial charge in [0.2, 0.25) is 0 Å². The highest BCUT2D eigenvalue weighted by molar-refractivity contribution is 5.93. The zero-order valence-corrected chi connectivity index (χ0v) is 12.3. The molecule has 1 aromatic heterocycles. The third-order valence-electron chi connectivity index (χ3n) is 3.88. The first kappa shape index (κ1) is 13.4. The number of para-hydroxylation sites is 1. The molecule has 3 nitrogen and oxygen atoms in total. The van der Waals surface area contributed by atoms with Crippen molar-refractivity contribution < 1.29 is 4.74 Å². The second-order valence-electron chi connectivity index (χ2n) is 5.46. The Morgan fingerprint density at radius 3 is 2.90 bits per heavy atom. The predicted molar refractivity (Wildman–Crippen MR) is 83.5 cm³/mol. The van der Waals surface area contributed by atoms with Gasteiger partial charge in [0.15, 0.2) is 0 Å². The topological polar surface area (TPSA) is 34.2 Å². The van der Waals surface area contributed by atoms with E-state index in [-0.39, 0.29) is 0 Å². The number of pyridine rings is 1. The Morgan fingerprint density at radius 1 is 1.35 bits per heavy atom. The largest absolute Gasteiger partial charge is 0.385 e. The van der Waals surface area contributed by atoms with Crippen molar-refractivity contribution in [2.45, 2.75) is 32.1 Å². The van der Waals surface area contributed by atoms with Gasteiger partial charge in [-0.25, -0.2) is 0 Å². The van der Waals surface area contributed by atoms with Crippen LogP contribution in [0.15, 0.2) is 24.3 Å². The van der Waals surface area contributed by atoms with Gasteiger partial charge < -0.3 is 10.1 Å². The third-order valence-corrected chi connectivity index (χ3v) is 3.88. The first-order chi connectivity index (χ1) is 9.83. The fourth-order valence-electron chi connectivity index (χ4n) is 2.67. The molecule has 106 valence electrons. The Morgan fingerprint density at radius 2 is 2.20 bits per heavy atom. The number of ether oxygens (including phenoxy) is 1. The maximum atomic E-state index is 5.22. The Kier molecular flexibility index (Phi) is 3.88. The summed E-state index contributed by atoms with van der Waals surface area (Å²) in [6, 6.07) is 8.68. The number of rotatable bonds is 6. The molecule has 1 saturated carbocycles. The van der Waals surface area contributed by atoms with Gasteiger partial charge in [0.25, 0.3) is 0 Å². The van der Waals surface area contributed by atoms with E-state index in [1.165, 1.54) is 35.2 Å². The zero-order chi connectivity index (χ0) is 13.9. The second kappa shape index (κ2) is 5.80. The fourth-order valence-corrected chi connectivity index (χ4v) is 2.67. The van der Waals surface area contributed by atoms with Gasteiger partial charge in [0.1, 0.15) is 0 Å². The lowest BCUT2D eigenvalue weighted by atomic mass is 10.0. The quantitative estimate of drug-likeness (QED) is 0.868. The van der Waals surface area contributed by atoms with Crippen LogP contribution in [0.4, 0.5) is 5.69 Å². The highest BCUT2D eigenvalue weighted by Gasteiger charge is 2.26. The van der Waals surface area contributed by atoms with Gasteiger partial charge in [-0.05, 0) is 37.8 Å². The van der Waals surface area contributed by atoms with Gasteiger partial charge in [-0.2, -0.15) is 0 Å². The van der Waals surface area contributed by atoms with Crippen molar-refractivity contribution in [1.82, 2.24) is 4.98 Å². The average Bonchev–Trinajstić information content (AvgIpc) is 3.30. The normalized spacial score (nSPS) is 14.7. The van der Waals surface area contributed by atoms with Crippen molar-refractivity contribution in [3.8, 4) is 0 Å². The number of anilines is 1. The van der Waals surface area contributed by atoms with Crippen LogP contribution in [-0.2, 0) is 11.2 Å².